The molecule has 4 heteroatoms. The van der Waals surface area contributed by atoms with Gasteiger partial charge in [0.2, 0.25) is 0 Å². The Balaban J connectivity index is 1.84. The highest BCUT2D eigenvalue weighted by Crippen LogP contribution is 2.19. The Labute approximate surface area is 100 Å². The molecule has 1 atom stereocenters. The molecule has 0 bridgehead atoms. The van der Waals surface area contributed by atoms with E-state index in [1.165, 1.54) is 11.8 Å². The SMILES string of the molecule is CC(=O)[C@@H]1CCN1C(=O)OCc1ccccc1. The van der Waals surface area contributed by atoms with Crippen LogP contribution in [0.2, 0.25) is 0 Å². The number of likely N-dealkylation sites (tertiary alicyclic amines) is 1. The Hall–Kier alpha value is -1.84. The Morgan fingerprint density at radius 2 is 2.06 bits per heavy atom. The fourth-order valence-electron chi connectivity index (χ4n) is 1.83. The van der Waals surface area contributed by atoms with Crippen molar-refractivity contribution in [3.63, 3.8) is 0 Å². The lowest BCUT2D eigenvalue weighted by Gasteiger charge is -2.38. The second-order valence-electron chi connectivity index (χ2n) is 4.15. The van der Waals surface area contributed by atoms with Gasteiger partial charge in [-0.05, 0) is 18.9 Å². The zero-order chi connectivity index (χ0) is 12.3. The van der Waals surface area contributed by atoms with E-state index in [0.29, 0.717) is 6.54 Å². The molecule has 4 nitrogen and oxygen atoms in total. The summed E-state index contributed by atoms with van der Waals surface area (Å²) in [6.45, 7) is 2.36. The number of carbonyl (C=O) groups is 2. The summed E-state index contributed by atoms with van der Waals surface area (Å²) in [5.74, 6) is 0.0212. The quantitative estimate of drug-likeness (QED) is 0.802. The number of benzene rings is 1. The monoisotopic (exact) mass is 233 g/mol. The van der Waals surface area contributed by atoms with E-state index in [0.717, 1.165) is 12.0 Å². The van der Waals surface area contributed by atoms with E-state index in [1.807, 2.05) is 30.3 Å². The number of ether oxygens (including phenoxy) is 1. The van der Waals surface area contributed by atoms with Gasteiger partial charge in [0, 0.05) is 6.54 Å². The molecule has 0 unspecified atom stereocenters. The van der Waals surface area contributed by atoms with Crippen molar-refractivity contribution in [1.29, 1.82) is 0 Å². The van der Waals surface area contributed by atoms with Crippen LogP contribution >= 0.6 is 0 Å². The maximum Gasteiger partial charge on any atom is 0.410 e. The first-order valence-corrected chi connectivity index (χ1v) is 5.66. The van der Waals surface area contributed by atoms with Crippen molar-refractivity contribution >= 4 is 11.9 Å². The number of carbonyl (C=O) groups excluding carboxylic acids is 2. The molecule has 2 rings (SSSR count). The van der Waals surface area contributed by atoms with Crippen molar-refractivity contribution in [2.24, 2.45) is 0 Å². The number of nitrogens with zero attached hydrogens (tertiary/aromatic N) is 1. The van der Waals surface area contributed by atoms with Crippen molar-refractivity contribution in [1.82, 2.24) is 4.90 Å². The van der Waals surface area contributed by atoms with Crippen LogP contribution in [0.5, 0.6) is 0 Å². The molecule has 0 radical (unpaired) electrons. The first-order valence-electron chi connectivity index (χ1n) is 5.66. The summed E-state index contributed by atoms with van der Waals surface area (Å²) >= 11 is 0. The van der Waals surface area contributed by atoms with Crippen LogP contribution in [0.3, 0.4) is 0 Å². The molecule has 0 N–H and O–H groups in total. The van der Waals surface area contributed by atoms with Gasteiger partial charge in [0.15, 0.2) is 5.78 Å². The fraction of sp³-hybridized carbons (Fsp3) is 0.385. The zero-order valence-corrected chi connectivity index (χ0v) is 9.76. The summed E-state index contributed by atoms with van der Waals surface area (Å²) in [5.41, 5.74) is 0.945. The number of hydrogen-bond donors (Lipinski definition) is 0. The lowest BCUT2D eigenvalue weighted by molar-refractivity contribution is -0.125. The summed E-state index contributed by atoms with van der Waals surface area (Å²) in [5, 5.41) is 0. The van der Waals surface area contributed by atoms with E-state index in [2.05, 4.69) is 0 Å². The smallest absolute Gasteiger partial charge is 0.410 e. The predicted octanol–water partition coefficient (Wildman–Crippen LogP) is 1.99. The van der Waals surface area contributed by atoms with Crippen LogP contribution in [0, 0.1) is 0 Å². The molecule has 0 aliphatic carbocycles. The van der Waals surface area contributed by atoms with Crippen LogP contribution in [0.15, 0.2) is 30.3 Å². The van der Waals surface area contributed by atoms with Gasteiger partial charge in [-0.15, -0.1) is 0 Å². The normalized spacial score (nSPS) is 18.4. The molecule has 1 aliphatic rings. The van der Waals surface area contributed by atoms with Crippen LogP contribution in [0.25, 0.3) is 0 Å². The van der Waals surface area contributed by atoms with Crippen LogP contribution in [0.4, 0.5) is 4.79 Å². The largest absolute Gasteiger partial charge is 0.445 e. The third-order valence-electron chi connectivity index (χ3n) is 2.93. The van der Waals surface area contributed by atoms with Crippen molar-refractivity contribution in [3.8, 4) is 0 Å². The minimum atomic E-state index is -0.402. The molecule has 1 aliphatic heterocycles. The van der Waals surface area contributed by atoms with Crippen molar-refractivity contribution in [3.05, 3.63) is 35.9 Å². The molecule has 1 aromatic rings. The molecule has 17 heavy (non-hydrogen) atoms. The van der Waals surface area contributed by atoms with Gasteiger partial charge in [-0.2, -0.15) is 0 Å². The van der Waals surface area contributed by atoms with E-state index in [9.17, 15) is 9.59 Å². The van der Waals surface area contributed by atoms with Crippen molar-refractivity contribution in [2.75, 3.05) is 6.54 Å². The average molecular weight is 233 g/mol. The van der Waals surface area contributed by atoms with Crippen LogP contribution < -0.4 is 0 Å². The summed E-state index contributed by atoms with van der Waals surface area (Å²) in [6.07, 6.45) is 0.343. The molecular weight excluding hydrogens is 218 g/mol. The summed E-state index contributed by atoms with van der Waals surface area (Å²) in [4.78, 5) is 24.3. The zero-order valence-electron chi connectivity index (χ0n) is 9.76. The first kappa shape index (κ1) is 11.6. The third-order valence-corrected chi connectivity index (χ3v) is 2.93. The van der Waals surface area contributed by atoms with E-state index in [1.54, 1.807) is 0 Å². The standard InChI is InChI=1S/C13H15NO3/c1-10(15)12-7-8-14(12)13(16)17-9-11-5-3-2-4-6-11/h2-6,12H,7-9H2,1H3/t12-/m0/s1. The molecule has 90 valence electrons. The van der Waals surface area contributed by atoms with Crippen molar-refractivity contribution < 1.29 is 14.3 Å². The minimum Gasteiger partial charge on any atom is -0.445 e. The van der Waals surface area contributed by atoms with Gasteiger partial charge in [-0.3, -0.25) is 9.69 Å². The van der Waals surface area contributed by atoms with Gasteiger partial charge in [0.25, 0.3) is 0 Å². The lowest BCUT2D eigenvalue weighted by atomic mass is 10.0. The summed E-state index contributed by atoms with van der Waals surface area (Å²) < 4.78 is 5.15. The van der Waals surface area contributed by atoms with Gasteiger partial charge in [-0.25, -0.2) is 4.79 Å². The molecule has 0 aromatic heterocycles. The van der Waals surface area contributed by atoms with Gasteiger partial charge in [-0.1, -0.05) is 30.3 Å². The van der Waals surface area contributed by atoms with Crippen LogP contribution in [0.1, 0.15) is 18.9 Å². The molecule has 1 fully saturated rings. The highest BCUT2D eigenvalue weighted by Gasteiger charge is 2.36. The molecule has 1 saturated heterocycles. The molecule has 1 aromatic carbocycles. The lowest BCUT2D eigenvalue weighted by Crippen LogP contribution is -2.54. The second kappa shape index (κ2) is 4.99. The van der Waals surface area contributed by atoms with Gasteiger partial charge in [0.1, 0.15) is 6.61 Å². The Kier molecular flexibility index (Phi) is 3.42. The average Bonchev–Trinajstić information content (AvgIpc) is 2.25. The highest BCUT2D eigenvalue weighted by molar-refractivity contribution is 5.86. The highest BCUT2D eigenvalue weighted by atomic mass is 16.6. The third kappa shape index (κ3) is 2.64. The number of ketones is 1. The van der Waals surface area contributed by atoms with E-state index in [4.69, 9.17) is 4.74 Å². The first-order chi connectivity index (χ1) is 8.18. The van der Waals surface area contributed by atoms with Crippen molar-refractivity contribution in [2.45, 2.75) is 26.0 Å². The second-order valence-corrected chi connectivity index (χ2v) is 4.15. The Bertz CT molecular complexity index is 416. The molecule has 0 saturated carbocycles. The number of Topliss-reactive ketones (excluding diaryl/α,β-unsaturated/α-hetero) is 1. The van der Waals surface area contributed by atoms with E-state index in [-0.39, 0.29) is 18.4 Å². The van der Waals surface area contributed by atoms with Crippen LogP contribution in [-0.4, -0.2) is 29.4 Å². The van der Waals surface area contributed by atoms with E-state index >= 15 is 0 Å². The maximum atomic E-state index is 11.7. The van der Waals surface area contributed by atoms with Gasteiger partial charge in [0.05, 0.1) is 6.04 Å². The summed E-state index contributed by atoms with van der Waals surface area (Å²) in [7, 11) is 0. The Morgan fingerprint density at radius 1 is 1.35 bits per heavy atom. The molecule has 1 heterocycles. The molecular formula is C13H15NO3. The predicted molar refractivity (Wildman–Crippen MR) is 62.4 cm³/mol. The molecule has 0 spiro atoms. The van der Waals surface area contributed by atoms with Gasteiger partial charge >= 0.3 is 6.09 Å². The number of amides is 1. The minimum absolute atomic E-state index is 0.0212. The Morgan fingerprint density at radius 3 is 2.59 bits per heavy atom. The summed E-state index contributed by atoms with van der Waals surface area (Å²) in [6, 6.07) is 9.21. The van der Waals surface area contributed by atoms with Crippen LogP contribution in [-0.2, 0) is 16.1 Å². The topological polar surface area (TPSA) is 46.6 Å². The van der Waals surface area contributed by atoms with Gasteiger partial charge < -0.3 is 4.74 Å². The van der Waals surface area contributed by atoms with E-state index < -0.39 is 6.09 Å². The number of hydrogen-bond acceptors (Lipinski definition) is 3. The fourth-order valence-corrected chi connectivity index (χ4v) is 1.83. The molecule has 1 amide bonds. The maximum absolute atomic E-state index is 11.7. The number of rotatable bonds is 3.